The lowest BCUT2D eigenvalue weighted by atomic mass is 10.1. The molecular formula is C30H29F2N5O3. The summed E-state index contributed by atoms with van der Waals surface area (Å²) in [6.45, 7) is 6.11. The summed E-state index contributed by atoms with van der Waals surface area (Å²) >= 11 is 0. The Morgan fingerprint density at radius 1 is 1.07 bits per heavy atom. The van der Waals surface area contributed by atoms with Gasteiger partial charge in [0.05, 0.1) is 30.2 Å². The van der Waals surface area contributed by atoms with Crippen LogP contribution in [-0.4, -0.2) is 53.7 Å². The van der Waals surface area contributed by atoms with Crippen LogP contribution in [0.3, 0.4) is 0 Å². The van der Waals surface area contributed by atoms with Gasteiger partial charge in [-0.2, -0.15) is 4.39 Å². The molecule has 3 aromatic carbocycles. The first-order valence-corrected chi connectivity index (χ1v) is 13.1. The molecule has 0 radical (unpaired) electrons. The van der Waals surface area contributed by atoms with Gasteiger partial charge in [-0.1, -0.05) is 18.2 Å². The van der Waals surface area contributed by atoms with E-state index in [2.05, 4.69) is 21.4 Å². The molecule has 4 N–H and O–H groups in total. The SMILES string of the molecule is Cc1cc(Oc2cccc(F)c2F)ccc1N1NCC(=C(O)c2cc3c(CN4CCOCC4)cccc3[nH]2)C1=N. The molecule has 8 nitrogen and oxygen atoms in total. The van der Waals surface area contributed by atoms with E-state index in [1.165, 1.54) is 12.1 Å². The number of amidine groups is 1. The lowest BCUT2D eigenvalue weighted by Crippen LogP contribution is -2.35. The quantitative estimate of drug-likeness (QED) is 0.234. The summed E-state index contributed by atoms with van der Waals surface area (Å²) < 4.78 is 38.6. The number of morpholine rings is 1. The van der Waals surface area contributed by atoms with Gasteiger partial charge in [-0.05, 0) is 60.5 Å². The second-order valence-corrected chi connectivity index (χ2v) is 9.90. The molecule has 2 aliphatic heterocycles. The number of aromatic nitrogens is 1. The van der Waals surface area contributed by atoms with E-state index in [4.69, 9.17) is 14.9 Å². The Morgan fingerprint density at radius 2 is 1.88 bits per heavy atom. The van der Waals surface area contributed by atoms with Gasteiger partial charge in [-0.15, -0.1) is 0 Å². The summed E-state index contributed by atoms with van der Waals surface area (Å²) in [7, 11) is 0. The van der Waals surface area contributed by atoms with E-state index >= 15 is 0 Å². The molecule has 6 rings (SSSR count). The molecule has 2 fully saturated rings. The predicted octanol–water partition coefficient (Wildman–Crippen LogP) is 5.65. The van der Waals surface area contributed by atoms with E-state index in [1.54, 1.807) is 23.2 Å². The number of nitrogens with zero attached hydrogens (tertiary/aromatic N) is 2. The molecule has 0 spiro atoms. The second-order valence-electron chi connectivity index (χ2n) is 9.90. The molecule has 0 atom stereocenters. The second kappa shape index (κ2) is 10.7. The average molecular weight is 546 g/mol. The Morgan fingerprint density at radius 3 is 2.67 bits per heavy atom. The predicted molar refractivity (Wildman–Crippen MR) is 150 cm³/mol. The van der Waals surface area contributed by atoms with Gasteiger partial charge >= 0.3 is 0 Å². The number of anilines is 1. The zero-order chi connectivity index (χ0) is 27.8. The van der Waals surface area contributed by atoms with Crippen molar-refractivity contribution in [2.75, 3.05) is 37.9 Å². The van der Waals surface area contributed by atoms with Gasteiger partial charge in [0.15, 0.2) is 11.6 Å². The highest BCUT2D eigenvalue weighted by Crippen LogP contribution is 2.33. The maximum absolute atomic E-state index is 14.0. The number of hydrogen-bond acceptors (Lipinski definition) is 6. The van der Waals surface area contributed by atoms with Crippen molar-refractivity contribution < 1.29 is 23.4 Å². The van der Waals surface area contributed by atoms with Gasteiger partial charge in [-0.3, -0.25) is 15.3 Å². The number of benzene rings is 3. The first-order valence-electron chi connectivity index (χ1n) is 13.1. The van der Waals surface area contributed by atoms with Crippen LogP contribution in [0.15, 0.2) is 66.2 Å². The van der Waals surface area contributed by atoms with Crippen molar-refractivity contribution in [2.24, 2.45) is 0 Å². The van der Waals surface area contributed by atoms with Crippen LogP contribution in [-0.2, 0) is 11.3 Å². The van der Waals surface area contributed by atoms with Gasteiger partial charge < -0.3 is 19.6 Å². The van der Waals surface area contributed by atoms with Crippen LogP contribution in [0.4, 0.5) is 14.5 Å². The number of rotatable bonds is 6. The number of aliphatic hydroxyl groups is 1. The lowest BCUT2D eigenvalue weighted by molar-refractivity contribution is 0.0344. The Labute approximate surface area is 229 Å². The third-order valence-corrected chi connectivity index (χ3v) is 7.27. The van der Waals surface area contributed by atoms with E-state index in [0.717, 1.165) is 60.9 Å². The number of halogens is 2. The summed E-state index contributed by atoms with van der Waals surface area (Å²) in [5.41, 5.74) is 7.65. The number of nitrogens with one attached hydrogen (secondary N) is 3. The lowest BCUT2D eigenvalue weighted by Gasteiger charge is -2.26. The van der Waals surface area contributed by atoms with Crippen molar-refractivity contribution in [3.05, 3.63) is 94.7 Å². The molecule has 0 aliphatic carbocycles. The minimum Gasteiger partial charge on any atom is -0.505 e. The largest absolute Gasteiger partial charge is 0.505 e. The molecule has 10 heteroatoms. The van der Waals surface area contributed by atoms with Crippen LogP contribution in [0.25, 0.3) is 16.7 Å². The zero-order valence-corrected chi connectivity index (χ0v) is 21.9. The number of aromatic amines is 1. The third-order valence-electron chi connectivity index (χ3n) is 7.27. The number of aryl methyl sites for hydroxylation is 1. The molecule has 0 unspecified atom stereocenters. The summed E-state index contributed by atoms with van der Waals surface area (Å²) in [5.74, 6) is -1.79. The molecule has 2 saturated heterocycles. The summed E-state index contributed by atoms with van der Waals surface area (Å²) in [4.78, 5) is 5.66. The van der Waals surface area contributed by atoms with Crippen LogP contribution >= 0.6 is 0 Å². The number of hydrogen-bond donors (Lipinski definition) is 4. The van der Waals surface area contributed by atoms with Crippen LogP contribution in [0.1, 0.15) is 16.8 Å². The zero-order valence-electron chi connectivity index (χ0n) is 21.9. The summed E-state index contributed by atoms with van der Waals surface area (Å²) in [6, 6.07) is 16.8. The average Bonchev–Trinajstić information content (AvgIpc) is 3.56. The summed E-state index contributed by atoms with van der Waals surface area (Å²) in [6.07, 6.45) is 0. The van der Waals surface area contributed by atoms with Gasteiger partial charge in [0.1, 0.15) is 17.3 Å². The Hall–Kier alpha value is -4.25. The number of ether oxygens (including phenoxy) is 2. The Bertz CT molecular complexity index is 1630. The maximum Gasteiger partial charge on any atom is 0.201 e. The molecule has 206 valence electrons. The van der Waals surface area contributed by atoms with E-state index in [9.17, 15) is 13.9 Å². The fourth-order valence-electron chi connectivity index (χ4n) is 5.14. The molecule has 0 saturated carbocycles. The molecule has 0 amide bonds. The number of fused-ring (bicyclic) bond motifs is 1. The number of hydrazine groups is 1. The van der Waals surface area contributed by atoms with E-state index in [-0.39, 0.29) is 23.9 Å². The highest BCUT2D eigenvalue weighted by atomic mass is 19.2. The highest BCUT2D eigenvalue weighted by Gasteiger charge is 2.29. The van der Waals surface area contributed by atoms with E-state index in [0.29, 0.717) is 22.7 Å². The Kier molecular flexibility index (Phi) is 6.97. The Balaban J connectivity index is 1.23. The first-order chi connectivity index (χ1) is 19.4. The van der Waals surface area contributed by atoms with Crippen molar-refractivity contribution in [3.63, 3.8) is 0 Å². The molecule has 0 bridgehead atoms. The van der Waals surface area contributed by atoms with Crippen molar-refractivity contribution in [2.45, 2.75) is 13.5 Å². The first kappa shape index (κ1) is 26.0. The van der Waals surface area contributed by atoms with Crippen molar-refractivity contribution in [1.29, 1.82) is 5.41 Å². The molecule has 40 heavy (non-hydrogen) atoms. The maximum atomic E-state index is 14.0. The van der Waals surface area contributed by atoms with Gasteiger partial charge in [-0.25, -0.2) is 9.82 Å². The van der Waals surface area contributed by atoms with Crippen LogP contribution < -0.4 is 15.2 Å². The number of H-pyrrole nitrogens is 1. The monoisotopic (exact) mass is 545 g/mol. The standard InChI is InChI=1S/C30H29F2N5O3/c1-18-14-20(40-27-7-3-5-23(31)28(27)32)8-9-26(18)37-30(33)22(16-34-37)29(38)25-15-21-19(4-2-6-24(21)35-25)17-36-10-12-39-13-11-36/h2-9,14-15,33-35,38H,10-13,16-17H2,1H3. The molecule has 4 aromatic rings. The smallest absolute Gasteiger partial charge is 0.201 e. The van der Waals surface area contributed by atoms with Crippen LogP contribution in [0.5, 0.6) is 11.5 Å². The normalized spacial score (nSPS) is 17.6. The third kappa shape index (κ3) is 4.92. The fraction of sp³-hybridized carbons (Fsp3) is 0.233. The van der Waals surface area contributed by atoms with Gasteiger partial charge in [0.25, 0.3) is 0 Å². The summed E-state index contributed by atoms with van der Waals surface area (Å²) in [5, 5.41) is 22.6. The van der Waals surface area contributed by atoms with E-state index < -0.39 is 11.6 Å². The molecule has 3 heterocycles. The topological polar surface area (TPSA) is 96.8 Å². The minimum atomic E-state index is -1.05. The fourth-order valence-corrected chi connectivity index (χ4v) is 5.14. The van der Waals surface area contributed by atoms with Crippen molar-refractivity contribution in [3.8, 4) is 11.5 Å². The van der Waals surface area contributed by atoms with Gasteiger partial charge in [0, 0.05) is 37.1 Å². The van der Waals surface area contributed by atoms with Crippen molar-refractivity contribution in [1.82, 2.24) is 15.3 Å². The van der Waals surface area contributed by atoms with Crippen molar-refractivity contribution >= 4 is 28.2 Å². The molecular weight excluding hydrogens is 516 g/mol. The minimum absolute atomic E-state index is 0.00714. The van der Waals surface area contributed by atoms with Gasteiger partial charge in [0.2, 0.25) is 5.82 Å². The van der Waals surface area contributed by atoms with Crippen LogP contribution in [0, 0.1) is 24.0 Å². The molecule has 2 aliphatic rings. The highest BCUT2D eigenvalue weighted by molar-refractivity contribution is 6.13. The van der Waals surface area contributed by atoms with Crippen LogP contribution in [0.2, 0.25) is 0 Å². The number of aliphatic hydroxyl groups excluding tert-OH is 1. The van der Waals surface area contributed by atoms with E-state index in [1.807, 2.05) is 25.1 Å². The molecule has 1 aromatic heterocycles.